The molecular formula is C12H12N4O3. The number of rotatable bonds is 4. The minimum atomic E-state index is -0.467. The standard InChI is InChI=1S/C12H12N4O3/c1-8-4-3-5-9(12(8)16(17)18)19-11-6-10(13-2)14-7-15-11/h3-7H,1-2H3,(H,13,14,15). The van der Waals surface area contributed by atoms with Gasteiger partial charge in [0.05, 0.1) is 4.92 Å². The van der Waals surface area contributed by atoms with Gasteiger partial charge < -0.3 is 10.1 Å². The Morgan fingerprint density at radius 3 is 2.84 bits per heavy atom. The molecule has 0 spiro atoms. The number of ether oxygens (including phenoxy) is 1. The van der Waals surface area contributed by atoms with Crippen molar-refractivity contribution in [2.45, 2.75) is 6.92 Å². The molecule has 98 valence electrons. The summed E-state index contributed by atoms with van der Waals surface area (Å²) in [5, 5.41) is 13.9. The second kappa shape index (κ2) is 5.30. The zero-order valence-electron chi connectivity index (χ0n) is 10.5. The monoisotopic (exact) mass is 260 g/mol. The van der Waals surface area contributed by atoms with Crippen LogP contribution in [0.15, 0.2) is 30.6 Å². The smallest absolute Gasteiger partial charge is 0.314 e. The Morgan fingerprint density at radius 1 is 1.37 bits per heavy atom. The fraction of sp³-hybridized carbons (Fsp3) is 0.167. The predicted molar refractivity (Wildman–Crippen MR) is 69.5 cm³/mol. The van der Waals surface area contributed by atoms with Crippen LogP contribution in [0.25, 0.3) is 0 Å². The van der Waals surface area contributed by atoms with Crippen molar-refractivity contribution in [1.82, 2.24) is 9.97 Å². The van der Waals surface area contributed by atoms with Crippen LogP contribution in [0.2, 0.25) is 0 Å². The number of aromatic nitrogens is 2. The highest BCUT2D eigenvalue weighted by Crippen LogP contribution is 2.33. The normalized spacial score (nSPS) is 10.0. The van der Waals surface area contributed by atoms with E-state index < -0.39 is 4.92 Å². The highest BCUT2D eigenvalue weighted by Gasteiger charge is 2.19. The summed E-state index contributed by atoms with van der Waals surface area (Å²) in [5.74, 6) is 0.971. The molecule has 0 aliphatic carbocycles. The molecule has 19 heavy (non-hydrogen) atoms. The van der Waals surface area contributed by atoms with Crippen molar-refractivity contribution in [3.63, 3.8) is 0 Å². The molecule has 0 amide bonds. The van der Waals surface area contributed by atoms with Gasteiger partial charge in [-0.25, -0.2) is 9.97 Å². The zero-order valence-corrected chi connectivity index (χ0v) is 10.5. The molecule has 0 radical (unpaired) electrons. The molecule has 0 bridgehead atoms. The quantitative estimate of drug-likeness (QED) is 0.671. The summed E-state index contributed by atoms with van der Waals surface area (Å²) in [6.07, 6.45) is 1.32. The number of hydrogen-bond acceptors (Lipinski definition) is 6. The van der Waals surface area contributed by atoms with Gasteiger partial charge in [0.1, 0.15) is 12.1 Å². The third-order valence-electron chi connectivity index (χ3n) is 2.50. The molecule has 7 nitrogen and oxygen atoms in total. The summed E-state index contributed by atoms with van der Waals surface area (Å²) in [6, 6.07) is 6.44. The van der Waals surface area contributed by atoms with Crippen molar-refractivity contribution in [1.29, 1.82) is 0 Å². The minimum Gasteiger partial charge on any atom is -0.432 e. The zero-order chi connectivity index (χ0) is 13.8. The summed E-state index contributed by atoms with van der Waals surface area (Å²) in [6.45, 7) is 1.66. The number of nitrogens with zero attached hydrogens (tertiary/aromatic N) is 3. The lowest BCUT2D eigenvalue weighted by Gasteiger charge is -2.07. The second-order valence-corrected chi connectivity index (χ2v) is 3.77. The van der Waals surface area contributed by atoms with E-state index >= 15 is 0 Å². The van der Waals surface area contributed by atoms with Crippen LogP contribution >= 0.6 is 0 Å². The van der Waals surface area contributed by atoms with Crippen LogP contribution in [0.4, 0.5) is 11.5 Å². The molecule has 1 aromatic carbocycles. The highest BCUT2D eigenvalue weighted by molar-refractivity contribution is 5.53. The van der Waals surface area contributed by atoms with Crippen molar-refractivity contribution < 1.29 is 9.66 Å². The van der Waals surface area contributed by atoms with Crippen LogP contribution < -0.4 is 10.1 Å². The third kappa shape index (κ3) is 2.76. The Labute approximate surface area is 109 Å². The molecular weight excluding hydrogens is 248 g/mol. The van der Waals surface area contributed by atoms with Crippen LogP contribution in [0.3, 0.4) is 0 Å². The molecule has 0 saturated carbocycles. The molecule has 0 fully saturated rings. The van der Waals surface area contributed by atoms with Crippen LogP contribution in [0.1, 0.15) is 5.56 Å². The van der Waals surface area contributed by atoms with E-state index in [-0.39, 0.29) is 17.3 Å². The van der Waals surface area contributed by atoms with E-state index in [0.717, 1.165) is 0 Å². The van der Waals surface area contributed by atoms with E-state index in [1.165, 1.54) is 12.4 Å². The average Bonchev–Trinajstić information content (AvgIpc) is 2.38. The molecule has 7 heteroatoms. The Hall–Kier alpha value is -2.70. The van der Waals surface area contributed by atoms with Gasteiger partial charge in [0, 0.05) is 18.7 Å². The SMILES string of the molecule is CNc1cc(Oc2cccc(C)c2[N+](=O)[O-])ncn1. The van der Waals surface area contributed by atoms with Crippen molar-refractivity contribution >= 4 is 11.5 Å². The first-order valence-electron chi connectivity index (χ1n) is 5.53. The number of nitrogens with one attached hydrogen (secondary N) is 1. The van der Waals surface area contributed by atoms with Crippen molar-refractivity contribution in [3.8, 4) is 11.6 Å². The van der Waals surface area contributed by atoms with Gasteiger partial charge in [-0.2, -0.15) is 0 Å². The molecule has 0 aliphatic rings. The molecule has 1 aromatic heterocycles. The lowest BCUT2D eigenvalue weighted by molar-refractivity contribution is -0.386. The van der Waals surface area contributed by atoms with E-state index in [1.54, 1.807) is 32.2 Å². The number of para-hydroxylation sites is 1. The molecule has 1 heterocycles. The van der Waals surface area contributed by atoms with E-state index in [0.29, 0.717) is 11.4 Å². The summed E-state index contributed by atoms with van der Waals surface area (Å²) in [5.41, 5.74) is 0.470. The van der Waals surface area contributed by atoms with Crippen molar-refractivity contribution in [2.24, 2.45) is 0 Å². The number of hydrogen-bond donors (Lipinski definition) is 1. The number of benzene rings is 1. The minimum absolute atomic E-state index is 0.0629. The Balaban J connectivity index is 2.38. The Kier molecular flexibility index (Phi) is 3.56. The number of nitro groups is 1. The number of nitro benzene ring substituents is 1. The number of aryl methyl sites for hydroxylation is 1. The van der Waals surface area contributed by atoms with Gasteiger partial charge in [0.2, 0.25) is 11.6 Å². The Bertz CT molecular complexity index is 616. The van der Waals surface area contributed by atoms with Crippen LogP contribution in [0, 0.1) is 17.0 Å². The second-order valence-electron chi connectivity index (χ2n) is 3.77. The topological polar surface area (TPSA) is 90.2 Å². The van der Waals surface area contributed by atoms with E-state index in [9.17, 15) is 10.1 Å². The van der Waals surface area contributed by atoms with Gasteiger partial charge in [-0.3, -0.25) is 10.1 Å². The maximum absolute atomic E-state index is 11.0. The third-order valence-corrected chi connectivity index (χ3v) is 2.50. The average molecular weight is 260 g/mol. The predicted octanol–water partition coefficient (Wildman–Crippen LogP) is 2.53. The maximum atomic E-state index is 11.0. The van der Waals surface area contributed by atoms with Crippen LogP contribution in [-0.4, -0.2) is 21.9 Å². The molecule has 1 N–H and O–H groups in total. The van der Waals surface area contributed by atoms with Crippen molar-refractivity contribution in [2.75, 3.05) is 12.4 Å². The van der Waals surface area contributed by atoms with Gasteiger partial charge in [0.15, 0.2) is 0 Å². The van der Waals surface area contributed by atoms with Crippen molar-refractivity contribution in [3.05, 3.63) is 46.3 Å². The summed E-state index contributed by atoms with van der Waals surface area (Å²) < 4.78 is 5.46. The van der Waals surface area contributed by atoms with Crippen LogP contribution in [0.5, 0.6) is 11.6 Å². The first-order valence-corrected chi connectivity index (χ1v) is 5.53. The summed E-state index contributed by atoms with van der Waals surface area (Å²) >= 11 is 0. The largest absolute Gasteiger partial charge is 0.432 e. The molecule has 0 unspecified atom stereocenters. The number of anilines is 1. The molecule has 2 aromatic rings. The van der Waals surface area contributed by atoms with E-state index in [4.69, 9.17) is 4.74 Å². The molecule has 0 saturated heterocycles. The van der Waals surface area contributed by atoms with Gasteiger partial charge in [0.25, 0.3) is 0 Å². The van der Waals surface area contributed by atoms with Gasteiger partial charge >= 0.3 is 5.69 Å². The lowest BCUT2D eigenvalue weighted by Crippen LogP contribution is -1.98. The first-order chi connectivity index (χ1) is 9.11. The molecule has 0 atom stereocenters. The van der Waals surface area contributed by atoms with Gasteiger partial charge in [-0.1, -0.05) is 12.1 Å². The highest BCUT2D eigenvalue weighted by atomic mass is 16.6. The summed E-state index contributed by atoms with van der Waals surface area (Å²) in [4.78, 5) is 18.4. The van der Waals surface area contributed by atoms with Gasteiger partial charge in [-0.15, -0.1) is 0 Å². The summed E-state index contributed by atoms with van der Waals surface area (Å²) in [7, 11) is 1.71. The van der Waals surface area contributed by atoms with E-state index in [2.05, 4.69) is 15.3 Å². The molecule has 2 rings (SSSR count). The molecule has 0 aliphatic heterocycles. The maximum Gasteiger partial charge on any atom is 0.314 e. The van der Waals surface area contributed by atoms with Gasteiger partial charge in [-0.05, 0) is 13.0 Å². The fourth-order valence-corrected chi connectivity index (χ4v) is 1.59. The first kappa shape index (κ1) is 12.7. The van der Waals surface area contributed by atoms with Crippen LogP contribution in [-0.2, 0) is 0 Å². The van der Waals surface area contributed by atoms with E-state index in [1.807, 2.05) is 0 Å². The lowest BCUT2D eigenvalue weighted by atomic mass is 10.2. The fourth-order valence-electron chi connectivity index (χ4n) is 1.59. The Morgan fingerprint density at radius 2 is 2.16 bits per heavy atom.